The van der Waals surface area contributed by atoms with Crippen molar-refractivity contribution in [1.29, 1.82) is 0 Å². The topological polar surface area (TPSA) is 55.1 Å². The van der Waals surface area contributed by atoms with E-state index in [4.69, 9.17) is 28.9 Å². The summed E-state index contributed by atoms with van der Waals surface area (Å²) in [5, 5.41) is 3.97. The summed E-state index contributed by atoms with van der Waals surface area (Å²) in [5.74, 6) is -0.198. The molecule has 3 N–H and O–H groups in total. The van der Waals surface area contributed by atoms with Gasteiger partial charge in [0.15, 0.2) is 0 Å². The van der Waals surface area contributed by atoms with Gasteiger partial charge >= 0.3 is 0 Å². The lowest BCUT2D eigenvalue weighted by Crippen LogP contribution is -2.26. The number of benzene rings is 2. The standard InChI is InChI=1S/C15H14Cl2N2O/c1-9(13-6-5-11(16)8-14(13)17)19-15(20)10-3-2-4-12(18)7-10/h2-9H,18H2,1H3,(H,19,20). The van der Waals surface area contributed by atoms with Gasteiger partial charge in [0.2, 0.25) is 0 Å². The van der Waals surface area contributed by atoms with E-state index in [1.54, 1.807) is 42.5 Å². The van der Waals surface area contributed by atoms with Crippen molar-refractivity contribution in [2.75, 3.05) is 5.73 Å². The summed E-state index contributed by atoms with van der Waals surface area (Å²) in [4.78, 5) is 12.1. The zero-order valence-electron chi connectivity index (χ0n) is 10.9. The van der Waals surface area contributed by atoms with Gasteiger partial charge in [0, 0.05) is 21.3 Å². The predicted octanol–water partition coefficient (Wildman–Crippen LogP) is 4.07. The van der Waals surface area contributed by atoms with E-state index >= 15 is 0 Å². The van der Waals surface area contributed by atoms with E-state index < -0.39 is 0 Å². The SMILES string of the molecule is CC(NC(=O)c1cccc(N)c1)c1ccc(Cl)cc1Cl. The van der Waals surface area contributed by atoms with Crippen LogP contribution in [-0.2, 0) is 0 Å². The Hall–Kier alpha value is -1.71. The minimum atomic E-state index is -0.228. The van der Waals surface area contributed by atoms with Crippen LogP contribution in [0.25, 0.3) is 0 Å². The van der Waals surface area contributed by atoms with Crippen molar-refractivity contribution in [3.63, 3.8) is 0 Å². The Kier molecular flexibility index (Phi) is 4.53. The molecule has 0 aliphatic heterocycles. The number of nitrogens with two attached hydrogens (primary N) is 1. The molecule has 0 heterocycles. The number of nitrogen functional groups attached to an aromatic ring is 1. The van der Waals surface area contributed by atoms with Crippen molar-refractivity contribution in [3.8, 4) is 0 Å². The maximum absolute atomic E-state index is 12.1. The third kappa shape index (κ3) is 3.44. The van der Waals surface area contributed by atoms with Gasteiger partial charge in [-0.2, -0.15) is 0 Å². The van der Waals surface area contributed by atoms with Crippen LogP contribution in [0.4, 0.5) is 5.69 Å². The van der Waals surface area contributed by atoms with Gasteiger partial charge in [0.1, 0.15) is 0 Å². The number of anilines is 1. The number of hydrogen-bond donors (Lipinski definition) is 2. The van der Waals surface area contributed by atoms with Crippen LogP contribution in [0.2, 0.25) is 10.0 Å². The quantitative estimate of drug-likeness (QED) is 0.840. The zero-order chi connectivity index (χ0) is 14.7. The summed E-state index contributed by atoms with van der Waals surface area (Å²) >= 11 is 12.0. The van der Waals surface area contributed by atoms with E-state index in [2.05, 4.69) is 5.32 Å². The normalized spacial score (nSPS) is 11.9. The maximum atomic E-state index is 12.1. The number of hydrogen-bond acceptors (Lipinski definition) is 2. The molecule has 0 saturated carbocycles. The second kappa shape index (κ2) is 6.16. The van der Waals surface area contributed by atoms with E-state index in [0.29, 0.717) is 21.3 Å². The molecular weight excluding hydrogens is 295 g/mol. The van der Waals surface area contributed by atoms with E-state index in [1.165, 1.54) is 0 Å². The fourth-order valence-electron chi connectivity index (χ4n) is 1.89. The molecule has 0 fully saturated rings. The first kappa shape index (κ1) is 14.7. The van der Waals surface area contributed by atoms with Crippen molar-refractivity contribution in [3.05, 3.63) is 63.6 Å². The third-order valence-electron chi connectivity index (χ3n) is 2.93. The van der Waals surface area contributed by atoms with Gasteiger partial charge < -0.3 is 11.1 Å². The molecule has 20 heavy (non-hydrogen) atoms. The number of nitrogens with one attached hydrogen (secondary N) is 1. The maximum Gasteiger partial charge on any atom is 0.251 e. The molecule has 1 atom stereocenters. The smallest absolute Gasteiger partial charge is 0.251 e. The van der Waals surface area contributed by atoms with Gasteiger partial charge in [0.25, 0.3) is 5.91 Å². The number of amides is 1. The number of carbonyl (C=O) groups excluding carboxylic acids is 1. The largest absolute Gasteiger partial charge is 0.399 e. The van der Waals surface area contributed by atoms with Crippen LogP contribution in [0.5, 0.6) is 0 Å². The summed E-state index contributed by atoms with van der Waals surface area (Å²) in [6.45, 7) is 1.86. The lowest BCUT2D eigenvalue weighted by atomic mass is 10.1. The minimum absolute atomic E-state index is 0.198. The van der Waals surface area contributed by atoms with Crippen LogP contribution in [0.15, 0.2) is 42.5 Å². The first-order valence-electron chi connectivity index (χ1n) is 6.08. The second-order valence-electron chi connectivity index (χ2n) is 4.49. The van der Waals surface area contributed by atoms with Crippen molar-refractivity contribution in [1.82, 2.24) is 5.32 Å². The van der Waals surface area contributed by atoms with Gasteiger partial charge in [-0.1, -0.05) is 35.3 Å². The van der Waals surface area contributed by atoms with E-state index in [-0.39, 0.29) is 11.9 Å². The number of rotatable bonds is 3. The molecule has 0 aliphatic carbocycles. The van der Waals surface area contributed by atoms with Crippen molar-refractivity contribution >= 4 is 34.8 Å². The highest BCUT2D eigenvalue weighted by Crippen LogP contribution is 2.26. The highest BCUT2D eigenvalue weighted by molar-refractivity contribution is 6.35. The summed E-state index contributed by atoms with van der Waals surface area (Å²) in [6.07, 6.45) is 0. The van der Waals surface area contributed by atoms with Crippen molar-refractivity contribution < 1.29 is 4.79 Å². The molecule has 5 heteroatoms. The molecule has 0 aliphatic rings. The van der Waals surface area contributed by atoms with Crippen LogP contribution in [-0.4, -0.2) is 5.91 Å². The lowest BCUT2D eigenvalue weighted by Gasteiger charge is -2.16. The summed E-state index contributed by atoms with van der Waals surface area (Å²) in [7, 11) is 0. The monoisotopic (exact) mass is 308 g/mol. The highest BCUT2D eigenvalue weighted by Gasteiger charge is 2.14. The van der Waals surface area contributed by atoms with Gasteiger partial charge in [-0.25, -0.2) is 0 Å². The summed E-state index contributed by atoms with van der Waals surface area (Å²) in [5.41, 5.74) is 7.54. The first-order valence-corrected chi connectivity index (χ1v) is 6.84. The van der Waals surface area contributed by atoms with E-state index in [9.17, 15) is 4.79 Å². The predicted molar refractivity (Wildman–Crippen MR) is 83.2 cm³/mol. The molecular formula is C15H14Cl2N2O. The summed E-state index contributed by atoms with van der Waals surface area (Å²) in [6, 6.07) is 11.8. The lowest BCUT2D eigenvalue weighted by molar-refractivity contribution is 0.0940. The van der Waals surface area contributed by atoms with E-state index in [1.807, 2.05) is 6.92 Å². The molecule has 2 rings (SSSR count). The Morgan fingerprint density at radius 1 is 1.20 bits per heavy atom. The summed E-state index contributed by atoms with van der Waals surface area (Å²) < 4.78 is 0. The van der Waals surface area contributed by atoms with E-state index in [0.717, 1.165) is 5.56 Å². The Morgan fingerprint density at radius 3 is 2.60 bits per heavy atom. The molecule has 0 saturated heterocycles. The molecule has 2 aromatic carbocycles. The Bertz CT molecular complexity index is 644. The van der Waals surface area contributed by atoms with Gasteiger partial charge in [-0.3, -0.25) is 4.79 Å². The molecule has 0 spiro atoms. The molecule has 0 radical (unpaired) electrons. The number of halogens is 2. The first-order chi connectivity index (χ1) is 9.47. The molecule has 1 amide bonds. The molecule has 0 aromatic heterocycles. The van der Waals surface area contributed by atoms with Gasteiger partial charge in [-0.05, 0) is 42.8 Å². The number of carbonyl (C=O) groups is 1. The molecule has 104 valence electrons. The zero-order valence-corrected chi connectivity index (χ0v) is 12.4. The highest BCUT2D eigenvalue weighted by atomic mass is 35.5. The Morgan fingerprint density at radius 2 is 1.95 bits per heavy atom. The van der Waals surface area contributed by atoms with Crippen LogP contribution in [0.3, 0.4) is 0 Å². The van der Waals surface area contributed by atoms with Crippen LogP contribution in [0.1, 0.15) is 28.9 Å². The molecule has 1 unspecified atom stereocenters. The van der Waals surface area contributed by atoms with Crippen LogP contribution >= 0.6 is 23.2 Å². The van der Waals surface area contributed by atoms with Crippen LogP contribution < -0.4 is 11.1 Å². The minimum Gasteiger partial charge on any atom is -0.399 e. The van der Waals surface area contributed by atoms with Gasteiger partial charge in [-0.15, -0.1) is 0 Å². The Labute approximate surface area is 127 Å². The average molecular weight is 309 g/mol. The Balaban J connectivity index is 2.15. The molecule has 2 aromatic rings. The fourth-order valence-corrected chi connectivity index (χ4v) is 2.46. The molecule has 3 nitrogen and oxygen atoms in total. The van der Waals surface area contributed by atoms with Crippen molar-refractivity contribution in [2.45, 2.75) is 13.0 Å². The average Bonchev–Trinajstić information content (AvgIpc) is 2.38. The second-order valence-corrected chi connectivity index (χ2v) is 5.33. The third-order valence-corrected chi connectivity index (χ3v) is 3.49. The fraction of sp³-hybridized carbons (Fsp3) is 0.133. The molecule has 0 bridgehead atoms. The van der Waals surface area contributed by atoms with Crippen molar-refractivity contribution in [2.24, 2.45) is 0 Å². The van der Waals surface area contributed by atoms with Gasteiger partial charge in [0.05, 0.1) is 6.04 Å². The van der Waals surface area contributed by atoms with Crippen LogP contribution in [0, 0.1) is 0 Å².